The highest BCUT2D eigenvalue weighted by atomic mass is 16.6. The minimum atomic E-state index is -0.637. The monoisotopic (exact) mass is 279 g/mol. The van der Waals surface area contributed by atoms with Gasteiger partial charge in [-0.1, -0.05) is 5.16 Å². The summed E-state index contributed by atoms with van der Waals surface area (Å²) in [4.78, 5) is 22.5. The number of nitro groups is 1. The van der Waals surface area contributed by atoms with Crippen molar-refractivity contribution in [1.82, 2.24) is 14.9 Å². The van der Waals surface area contributed by atoms with Crippen LogP contribution in [0.2, 0.25) is 0 Å². The summed E-state index contributed by atoms with van der Waals surface area (Å²) in [5.41, 5.74) is 0.475. The Labute approximate surface area is 113 Å². The zero-order chi connectivity index (χ0) is 14.9. The molecule has 9 nitrogen and oxygen atoms in total. The minimum absolute atomic E-state index is 0.0995. The second kappa shape index (κ2) is 5.11. The maximum Gasteiger partial charge on any atom is 0.320 e. The highest BCUT2D eigenvalue weighted by molar-refractivity contribution is 6.06. The van der Waals surface area contributed by atoms with Crippen LogP contribution in [0, 0.1) is 24.0 Å². The van der Waals surface area contributed by atoms with Crippen molar-refractivity contribution < 1.29 is 14.2 Å². The summed E-state index contributed by atoms with van der Waals surface area (Å²) in [5.74, 6) is -0.188. The van der Waals surface area contributed by atoms with Crippen molar-refractivity contribution in [3.63, 3.8) is 0 Å². The maximum atomic E-state index is 12.2. The molecular weight excluding hydrogens is 266 g/mol. The van der Waals surface area contributed by atoms with Crippen LogP contribution in [0.25, 0.3) is 0 Å². The van der Waals surface area contributed by atoms with E-state index in [0.717, 1.165) is 6.20 Å². The zero-order valence-corrected chi connectivity index (χ0v) is 11.2. The van der Waals surface area contributed by atoms with Crippen LogP contribution in [0.5, 0.6) is 0 Å². The van der Waals surface area contributed by atoms with E-state index < -0.39 is 10.8 Å². The molecule has 0 aromatic carbocycles. The third kappa shape index (κ3) is 2.25. The Bertz CT molecular complexity index is 653. The molecule has 0 aliphatic heterocycles. The van der Waals surface area contributed by atoms with Gasteiger partial charge in [0.15, 0.2) is 5.76 Å². The average molecular weight is 279 g/mol. The fourth-order valence-electron chi connectivity index (χ4n) is 1.82. The SMILES string of the molecule is CCn1ncc([N+](=O)[O-])c1C(=O)Nc1c(C)noc1C. The van der Waals surface area contributed by atoms with E-state index in [1.807, 2.05) is 0 Å². The molecule has 0 spiro atoms. The number of hydrogen-bond acceptors (Lipinski definition) is 6. The summed E-state index contributed by atoms with van der Waals surface area (Å²) in [6, 6.07) is 0. The van der Waals surface area contributed by atoms with Gasteiger partial charge in [0.2, 0.25) is 5.69 Å². The Hall–Kier alpha value is -2.71. The van der Waals surface area contributed by atoms with Gasteiger partial charge in [0.05, 0.1) is 4.92 Å². The Morgan fingerprint density at radius 1 is 1.55 bits per heavy atom. The topological polar surface area (TPSA) is 116 Å². The number of nitrogens with zero attached hydrogens (tertiary/aromatic N) is 4. The Balaban J connectivity index is 2.39. The van der Waals surface area contributed by atoms with Gasteiger partial charge in [0.25, 0.3) is 5.91 Å². The van der Waals surface area contributed by atoms with Crippen molar-refractivity contribution in [3.8, 4) is 0 Å². The molecule has 0 saturated heterocycles. The molecule has 0 atom stereocenters. The third-order valence-electron chi connectivity index (χ3n) is 2.80. The fraction of sp³-hybridized carbons (Fsp3) is 0.364. The first-order valence-electron chi connectivity index (χ1n) is 5.90. The summed E-state index contributed by atoms with van der Waals surface area (Å²) >= 11 is 0. The molecule has 0 aliphatic rings. The van der Waals surface area contributed by atoms with E-state index in [9.17, 15) is 14.9 Å². The molecule has 0 bridgehead atoms. The molecule has 2 rings (SSSR count). The van der Waals surface area contributed by atoms with Crippen LogP contribution >= 0.6 is 0 Å². The molecule has 20 heavy (non-hydrogen) atoms. The van der Waals surface area contributed by atoms with Crippen LogP contribution in [-0.4, -0.2) is 25.8 Å². The van der Waals surface area contributed by atoms with Crippen molar-refractivity contribution in [2.45, 2.75) is 27.3 Å². The predicted molar refractivity (Wildman–Crippen MR) is 68.5 cm³/mol. The molecule has 0 radical (unpaired) electrons. The first kappa shape index (κ1) is 13.7. The van der Waals surface area contributed by atoms with Gasteiger partial charge in [-0.25, -0.2) is 0 Å². The van der Waals surface area contributed by atoms with E-state index in [1.165, 1.54) is 4.68 Å². The molecule has 0 saturated carbocycles. The lowest BCUT2D eigenvalue weighted by Crippen LogP contribution is -2.19. The number of aromatic nitrogens is 3. The number of anilines is 1. The van der Waals surface area contributed by atoms with Crippen LogP contribution < -0.4 is 5.32 Å². The van der Waals surface area contributed by atoms with E-state index >= 15 is 0 Å². The molecule has 2 aromatic rings. The minimum Gasteiger partial charge on any atom is -0.359 e. The summed E-state index contributed by atoms with van der Waals surface area (Å²) in [5, 5.41) is 21.0. The fourth-order valence-corrected chi connectivity index (χ4v) is 1.82. The van der Waals surface area contributed by atoms with Gasteiger partial charge in [0.1, 0.15) is 17.6 Å². The molecule has 0 fully saturated rings. The quantitative estimate of drug-likeness (QED) is 0.672. The normalized spacial score (nSPS) is 10.6. The van der Waals surface area contributed by atoms with Crippen LogP contribution in [0.4, 0.5) is 11.4 Å². The number of amides is 1. The van der Waals surface area contributed by atoms with E-state index in [0.29, 0.717) is 23.7 Å². The summed E-state index contributed by atoms with van der Waals surface area (Å²) in [6.45, 7) is 5.39. The lowest BCUT2D eigenvalue weighted by Gasteiger charge is -2.05. The van der Waals surface area contributed by atoms with Crippen molar-refractivity contribution in [2.75, 3.05) is 5.32 Å². The van der Waals surface area contributed by atoms with Crippen LogP contribution in [0.3, 0.4) is 0 Å². The standard InChI is InChI=1S/C11H13N5O4/c1-4-15-10(8(5-12-15)16(18)19)11(17)13-9-6(2)14-20-7(9)3/h5H,4H2,1-3H3,(H,13,17). The largest absolute Gasteiger partial charge is 0.359 e. The first-order valence-corrected chi connectivity index (χ1v) is 5.90. The molecule has 0 aliphatic carbocycles. The van der Waals surface area contributed by atoms with E-state index in [4.69, 9.17) is 4.52 Å². The molecule has 2 heterocycles. The van der Waals surface area contributed by atoms with Crippen molar-refractivity contribution >= 4 is 17.3 Å². The highest BCUT2D eigenvalue weighted by Crippen LogP contribution is 2.23. The van der Waals surface area contributed by atoms with Gasteiger partial charge in [-0.3, -0.25) is 19.6 Å². The molecule has 1 amide bonds. The second-order valence-corrected chi connectivity index (χ2v) is 4.10. The first-order chi connectivity index (χ1) is 9.45. The lowest BCUT2D eigenvalue weighted by atomic mass is 10.3. The van der Waals surface area contributed by atoms with E-state index in [1.54, 1.807) is 20.8 Å². The van der Waals surface area contributed by atoms with Gasteiger partial charge < -0.3 is 9.84 Å². The van der Waals surface area contributed by atoms with Crippen LogP contribution in [0.15, 0.2) is 10.7 Å². The number of nitrogens with one attached hydrogen (secondary N) is 1. The van der Waals surface area contributed by atoms with Gasteiger partial charge in [-0.15, -0.1) is 0 Å². The Morgan fingerprint density at radius 3 is 2.75 bits per heavy atom. The summed E-state index contributed by atoms with van der Waals surface area (Å²) in [7, 11) is 0. The number of carbonyl (C=O) groups excluding carboxylic acids is 1. The smallest absolute Gasteiger partial charge is 0.320 e. The van der Waals surface area contributed by atoms with Gasteiger partial charge >= 0.3 is 5.69 Å². The van der Waals surface area contributed by atoms with Gasteiger partial charge in [0, 0.05) is 6.54 Å². The van der Waals surface area contributed by atoms with Crippen molar-refractivity contribution in [3.05, 3.63) is 33.5 Å². The van der Waals surface area contributed by atoms with Gasteiger partial charge in [-0.05, 0) is 20.8 Å². The number of aryl methyl sites for hydroxylation is 3. The molecule has 0 unspecified atom stereocenters. The number of rotatable bonds is 4. The maximum absolute atomic E-state index is 12.2. The summed E-state index contributed by atoms with van der Waals surface area (Å²) in [6.07, 6.45) is 1.06. The Kier molecular flexibility index (Phi) is 3.51. The molecule has 106 valence electrons. The molecular formula is C11H13N5O4. The summed E-state index contributed by atoms with van der Waals surface area (Å²) < 4.78 is 6.20. The van der Waals surface area contributed by atoms with E-state index in [2.05, 4.69) is 15.6 Å². The van der Waals surface area contributed by atoms with Crippen LogP contribution in [-0.2, 0) is 6.54 Å². The van der Waals surface area contributed by atoms with Crippen LogP contribution in [0.1, 0.15) is 28.9 Å². The molecule has 9 heteroatoms. The average Bonchev–Trinajstić information content (AvgIpc) is 2.96. The lowest BCUT2D eigenvalue weighted by molar-refractivity contribution is -0.385. The number of carbonyl (C=O) groups is 1. The Morgan fingerprint density at radius 2 is 2.25 bits per heavy atom. The zero-order valence-electron chi connectivity index (χ0n) is 11.2. The van der Waals surface area contributed by atoms with Crippen molar-refractivity contribution in [1.29, 1.82) is 0 Å². The van der Waals surface area contributed by atoms with E-state index in [-0.39, 0.29) is 11.4 Å². The number of hydrogen-bond donors (Lipinski definition) is 1. The predicted octanol–water partition coefficient (Wildman–Crippen LogP) is 1.67. The molecule has 1 N–H and O–H groups in total. The molecule has 2 aromatic heterocycles. The second-order valence-electron chi connectivity index (χ2n) is 4.10. The third-order valence-corrected chi connectivity index (χ3v) is 2.80. The van der Waals surface area contributed by atoms with Crippen molar-refractivity contribution in [2.24, 2.45) is 0 Å². The highest BCUT2D eigenvalue weighted by Gasteiger charge is 2.27. The van der Waals surface area contributed by atoms with Gasteiger partial charge in [-0.2, -0.15) is 5.10 Å².